The van der Waals surface area contributed by atoms with Crippen molar-refractivity contribution in [1.82, 2.24) is 4.57 Å². The molecule has 1 aromatic carbocycles. The summed E-state index contributed by atoms with van der Waals surface area (Å²) in [6, 6.07) is 8.35. The molecule has 0 unspecified atom stereocenters. The number of nitrogens with zero attached hydrogens (tertiary/aromatic N) is 2. The lowest BCUT2D eigenvalue weighted by Gasteiger charge is -1.93. The molecular formula is C17H21N2+. The van der Waals surface area contributed by atoms with Gasteiger partial charge in [-0.3, -0.25) is 0 Å². The van der Waals surface area contributed by atoms with Crippen molar-refractivity contribution >= 4 is 0 Å². The Morgan fingerprint density at radius 3 is 2.95 bits per heavy atom. The standard InChI is InChI=1S/C17H21N2/c1-3-18-12-13-19(15-18)11-6-4-5-9-17-10-7-8-16(2)14-17/h7-8,10,12-15H,3-4,6,11H2,1-2H3/q+1. The Hall–Kier alpha value is -2.01. The van der Waals surface area contributed by atoms with Crippen molar-refractivity contribution < 1.29 is 4.57 Å². The smallest absolute Gasteiger partial charge is 0.237 e. The molecule has 0 spiro atoms. The van der Waals surface area contributed by atoms with E-state index >= 15 is 0 Å². The molecule has 0 fully saturated rings. The number of hydrogen-bond acceptors (Lipinski definition) is 0. The maximum atomic E-state index is 3.25. The predicted octanol–water partition coefficient (Wildman–Crippen LogP) is 2.94. The SMILES string of the molecule is CCn1cc[n+](CCCC#Cc2cccc(C)c2)c1. The molecule has 0 bridgehead atoms. The van der Waals surface area contributed by atoms with E-state index in [1.54, 1.807) is 0 Å². The predicted molar refractivity (Wildman–Crippen MR) is 77.6 cm³/mol. The van der Waals surface area contributed by atoms with Crippen molar-refractivity contribution in [2.45, 2.75) is 39.8 Å². The van der Waals surface area contributed by atoms with Gasteiger partial charge in [0.25, 0.3) is 0 Å². The number of hydrogen-bond donors (Lipinski definition) is 0. The first-order chi connectivity index (χ1) is 9.28. The van der Waals surface area contributed by atoms with E-state index in [1.165, 1.54) is 5.56 Å². The third-order valence-corrected chi connectivity index (χ3v) is 3.08. The summed E-state index contributed by atoms with van der Waals surface area (Å²) in [7, 11) is 0. The first-order valence-electron chi connectivity index (χ1n) is 6.88. The zero-order valence-electron chi connectivity index (χ0n) is 11.8. The number of benzene rings is 1. The van der Waals surface area contributed by atoms with Crippen molar-refractivity contribution in [1.29, 1.82) is 0 Å². The van der Waals surface area contributed by atoms with Crippen molar-refractivity contribution in [3.63, 3.8) is 0 Å². The molecule has 0 saturated heterocycles. The second kappa shape index (κ2) is 6.80. The summed E-state index contributed by atoms with van der Waals surface area (Å²) in [5, 5.41) is 0. The first-order valence-corrected chi connectivity index (χ1v) is 6.88. The summed E-state index contributed by atoms with van der Waals surface area (Å²) in [4.78, 5) is 0. The van der Waals surface area contributed by atoms with Crippen LogP contribution in [0.5, 0.6) is 0 Å². The normalized spacial score (nSPS) is 10.0. The summed E-state index contributed by atoms with van der Waals surface area (Å²) in [5.41, 5.74) is 2.38. The van der Waals surface area contributed by atoms with E-state index in [0.29, 0.717) is 0 Å². The van der Waals surface area contributed by atoms with Gasteiger partial charge in [-0.15, -0.1) is 0 Å². The molecule has 19 heavy (non-hydrogen) atoms. The van der Waals surface area contributed by atoms with Crippen LogP contribution >= 0.6 is 0 Å². The van der Waals surface area contributed by atoms with Gasteiger partial charge in [-0.2, -0.15) is 0 Å². The molecule has 2 nitrogen and oxygen atoms in total. The molecule has 1 heterocycles. The molecule has 0 amide bonds. The van der Waals surface area contributed by atoms with Gasteiger partial charge >= 0.3 is 0 Å². The minimum atomic E-state index is 0.943. The van der Waals surface area contributed by atoms with E-state index in [2.05, 4.69) is 77.8 Å². The highest BCUT2D eigenvalue weighted by Crippen LogP contribution is 2.02. The van der Waals surface area contributed by atoms with Gasteiger partial charge < -0.3 is 0 Å². The van der Waals surface area contributed by atoms with Gasteiger partial charge in [-0.1, -0.05) is 24.0 Å². The topological polar surface area (TPSA) is 8.81 Å². The zero-order valence-corrected chi connectivity index (χ0v) is 11.8. The molecule has 0 aliphatic rings. The summed E-state index contributed by atoms with van der Waals surface area (Å²) < 4.78 is 4.40. The van der Waals surface area contributed by atoms with Crippen LogP contribution in [0, 0.1) is 18.8 Å². The van der Waals surface area contributed by atoms with Crippen LogP contribution in [0.15, 0.2) is 43.0 Å². The van der Waals surface area contributed by atoms with Crippen LogP contribution in [0.3, 0.4) is 0 Å². The van der Waals surface area contributed by atoms with Crippen LogP contribution in [0.4, 0.5) is 0 Å². The van der Waals surface area contributed by atoms with E-state index in [9.17, 15) is 0 Å². The molecule has 0 aliphatic heterocycles. The van der Waals surface area contributed by atoms with Crippen LogP contribution in [-0.2, 0) is 13.1 Å². The van der Waals surface area contributed by atoms with Gasteiger partial charge in [-0.05, 0) is 38.0 Å². The van der Waals surface area contributed by atoms with E-state index in [0.717, 1.165) is 31.5 Å². The summed E-state index contributed by atoms with van der Waals surface area (Å²) in [5.74, 6) is 6.47. The lowest BCUT2D eigenvalue weighted by atomic mass is 10.1. The monoisotopic (exact) mass is 253 g/mol. The molecule has 2 heteroatoms. The summed E-state index contributed by atoms with van der Waals surface area (Å²) in [6.45, 7) is 6.31. The van der Waals surface area contributed by atoms with E-state index in [-0.39, 0.29) is 0 Å². The van der Waals surface area contributed by atoms with Crippen molar-refractivity contribution in [3.8, 4) is 11.8 Å². The lowest BCUT2D eigenvalue weighted by molar-refractivity contribution is -0.696. The number of rotatable bonds is 4. The summed E-state index contributed by atoms with van der Waals surface area (Å²) in [6.07, 6.45) is 8.42. The first kappa shape index (κ1) is 13.4. The number of imidazole rings is 1. The number of unbranched alkanes of at least 4 members (excludes halogenated alkanes) is 1. The largest absolute Gasteiger partial charge is 0.243 e. The van der Waals surface area contributed by atoms with E-state index < -0.39 is 0 Å². The van der Waals surface area contributed by atoms with Gasteiger partial charge in [0, 0.05) is 12.0 Å². The minimum absolute atomic E-state index is 0.943. The molecule has 2 rings (SSSR count). The summed E-state index contributed by atoms with van der Waals surface area (Å²) >= 11 is 0. The van der Waals surface area contributed by atoms with Gasteiger partial charge in [0.1, 0.15) is 12.4 Å². The van der Waals surface area contributed by atoms with Crippen molar-refractivity contribution in [3.05, 3.63) is 54.1 Å². The highest BCUT2D eigenvalue weighted by Gasteiger charge is 1.99. The van der Waals surface area contributed by atoms with Gasteiger partial charge in [0.2, 0.25) is 6.33 Å². The fourth-order valence-electron chi connectivity index (χ4n) is 2.00. The maximum Gasteiger partial charge on any atom is 0.243 e. The molecule has 0 radical (unpaired) electrons. The highest BCUT2D eigenvalue weighted by molar-refractivity contribution is 5.36. The van der Waals surface area contributed by atoms with Crippen LogP contribution in [-0.4, -0.2) is 4.57 Å². The molecular weight excluding hydrogens is 232 g/mol. The Labute approximate surface area is 115 Å². The second-order valence-electron chi connectivity index (χ2n) is 4.76. The van der Waals surface area contributed by atoms with E-state index in [4.69, 9.17) is 0 Å². The fraction of sp³-hybridized carbons (Fsp3) is 0.353. The molecule has 98 valence electrons. The molecule has 0 atom stereocenters. The Bertz CT molecular complexity index is 585. The van der Waals surface area contributed by atoms with Gasteiger partial charge in [-0.25, -0.2) is 9.13 Å². The Morgan fingerprint density at radius 2 is 2.21 bits per heavy atom. The molecule has 0 N–H and O–H groups in total. The third kappa shape index (κ3) is 4.30. The molecule has 1 aromatic heterocycles. The average Bonchev–Trinajstić information content (AvgIpc) is 2.86. The minimum Gasteiger partial charge on any atom is -0.237 e. The van der Waals surface area contributed by atoms with Gasteiger partial charge in [0.15, 0.2) is 0 Å². The third-order valence-electron chi connectivity index (χ3n) is 3.08. The van der Waals surface area contributed by atoms with E-state index in [1.807, 2.05) is 0 Å². The zero-order chi connectivity index (χ0) is 13.5. The maximum absolute atomic E-state index is 3.25. The Kier molecular flexibility index (Phi) is 4.80. The van der Waals surface area contributed by atoms with Crippen LogP contribution < -0.4 is 4.57 Å². The second-order valence-corrected chi connectivity index (χ2v) is 4.76. The van der Waals surface area contributed by atoms with Crippen molar-refractivity contribution in [2.24, 2.45) is 0 Å². The highest BCUT2D eigenvalue weighted by atomic mass is 15.1. The molecule has 2 aromatic rings. The Morgan fingerprint density at radius 1 is 1.32 bits per heavy atom. The van der Waals surface area contributed by atoms with Crippen LogP contribution in [0.25, 0.3) is 0 Å². The van der Waals surface area contributed by atoms with Crippen molar-refractivity contribution in [2.75, 3.05) is 0 Å². The number of aromatic nitrogens is 2. The average molecular weight is 253 g/mol. The fourth-order valence-corrected chi connectivity index (χ4v) is 2.00. The van der Waals surface area contributed by atoms with Crippen LogP contribution in [0.1, 0.15) is 30.9 Å². The Balaban J connectivity index is 1.78. The lowest BCUT2D eigenvalue weighted by Crippen LogP contribution is -2.30. The molecule has 0 saturated carbocycles. The number of aryl methyl sites for hydroxylation is 3. The van der Waals surface area contributed by atoms with Gasteiger partial charge in [0.05, 0.1) is 13.1 Å². The quantitative estimate of drug-likeness (QED) is 0.450. The molecule has 0 aliphatic carbocycles. The van der Waals surface area contributed by atoms with Crippen LogP contribution in [0.2, 0.25) is 0 Å².